The minimum absolute atomic E-state index is 0.306. The Balaban J connectivity index is 1.41. The molecule has 2 heterocycles. The van der Waals surface area contributed by atoms with Crippen LogP contribution in [0.1, 0.15) is 84.4 Å². The van der Waals surface area contributed by atoms with Gasteiger partial charge in [-0.1, -0.05) is 30.3 Å². The monoisotopic (exact) mass is 591 g/mol. The summed E-state index contributed by atoms with van der Waals surface area (Å²) in [6, 6.07) is 10.5. The van der Waals surface area contributed by atoms with E-state index in [-0.39, 0.29) is 12.2 Å². The predicted octanol–water partition coefficient (Wildman–Crippen LogP) is 7.19. The quantitative estimate of drug-likeness (QED) is 0.248. The summed E-state index contributed by atoms with van der Waals surface area (Å²) in [6.07, 6.45) is 9.41. The van der Waals surface area contributed by atoms with Gasteiger partial charge in [0.2, 0.25) is 0 Å². The molecule has 9 heteroatoms. The van der Waals surface area contributed by atoms with Crippen molar-refractivity contribution in [2.45, 2.75) is 97.8 Å². The molecule has 234 valence electrons. The molecule has 1 aliphatic rings. The minimum atomic E-state index is -0.590. The maximum Gasteiger partial charge on any atom is 0.410 e. The summed E-state index contributed by atoms with van der Waals surface area (Å²) in [5.74, 6) is 0.345. The van der Waals surface area contributed by atoms with Crippen molar-refractivity contribution in [2.24, 2.45) is 5.92 Å². The van der Waals surface area contributed by atoms with Crippen LogP contribution in [0, 0.1) is 12.8 Å². The number of fused-ring (bicyclic) bond motifs is 1. The fraction of sp³-hybridized carbons (Fsp3) is 0.588. The van der Waals surface area contributed by atoms with Crippen molar-refractivity contribution in [1.82, 2.24) is 24.3 Å². The number of hydrogen-bond acceptors (Lipinski definition) is 6. The predicted molar refractivity (Wildman–Crippen MR) is 169 cm³/mol. The Hall–Kier alpha value is -3.62. The summed E-state index contributed by atoms with van der Waals surface area (Å²) in [4.78, 5) is 38.8. The molecule has 0 saturated heterocycles. The Morgan fingerprint density at radius 3 is 2.26 bits per heavy atom. The molecule has 0 aliphatic heterocycles. The van der Waals surface area contributed by atoms with Crippen LogP contribution in [0.4, 0.5) is 9.59 Å². The molecule has 4 rings (SSSR count). The lowest BCUT2D eigenvalue weighted by molar-refractivity contribution is 0.0186. The molecular formula is C34H49N5O4. The van der Waals surface area contributed by atoms with Crippen molar-refractivity contribution >= 4 is 23.2 Å². The van der Waals surface area contributed by atoms with Crippen molar-refractivity contribution in [1.29, 1.82) is 0 Å². The maximum atomic E-state index is 13.4. The molecule has 0 unspecified atom stereocenters. The summed E-state index contributed by atoms with van der Waals surface area (Å²) in [5.41, 5.74) is 2.14. The lowest BCUT2D eigenvalue weighted by Gasteiger charge is -2.31. The average Bonchev–Trinajstić information content (AvgIpc) is 3.52. The first-order valence-corrected chi connectivity index (χ1v) is 15.6. The number of aromatic nitrogens is 3. The molecule has 1 aromatic carbocycles. The van der Waals surface area contributed by atoms with E-state index in [1.807, 2.05) is 70.8 Å². The third kappa shape index (κ3) is 9.43. The van der Waals surface area contributed by atoms with Crippen LogP contribution >= 0.6 is 0 Å². The highest BCUT2D eigenvalue weighted by Gasteiger charge is 2.32. The SMILES string of the molecule is Cc1cn([C@H]2CC[C@@H](CN(CCCN(CCc3ccccc3)C(=O)OC(C)(C)C)C(=O)OC(C)(C)C)C2)c2ncncc12. The number of hydrogen-bond donors (Lipinski definition) is 0. The summed E-state index contributed by atoms with van der Waals surface area (Å²) in [7, 11) is 0. The normalized spacial score (nSPS) is 17.2. The van der Waals surface area contributed by atoms with Crippen molar-refractivity contribution in [3.63, 3.8) is 0 Å². The standard InChI is InChI=1S/C34H49N5O4/c1-25-22-39(30-29(25)21-35-24-36-30)28-15-14-27(20-28)23-38(32(41)43-34(5,6)7)18-11-17-37(31(40)42-33(2,3)4)19-16-26-12-9-8-10-13-26/h8-10,12-13,21-22,24,27-28H,11,14-20,23H2,1-7H3/t27-,28+/m1/s1. The van der Waals surface area contributed by atoms with Gasteiger partial charge in [0.25, 0.3) is 0 Å². The van der Waals surface area contributed by atoms with Crippen molar-refractivity contribution in [2.75, 3.05) is 26.2 Å². The molecule has 1 saturated carbocycles. The summed E-state index contributed by atoms with van der Waals surface area (Å²) < 4.78 is 13.8. The zero-order chi connectivity index (χ0) is 31.2. The molecule has 1 aliphatic carbocycles. The van der Waals surface area contributed by atoms with Gasteiger partial charge in [-0.25, -0.2) is 19.6 Å². The number of amides is 2. The minimum Gasteiger partial charge on any atom is -0.444 e. The number of rotatable bonds is 10. The average molecular weight is 592 g/mol. The second kappa shape index (κ2) is 13.8. The zero-order valence-electron chi connectivity index (χ0n) is 27.0. The maximum absolute atomic E-state index is 13.4. The summed E-state index contributed by atoms with van der Waals surface area (Å²) in [6.45, 7) is 15.6. The third-order valence-electron chi connectivity index (χ3n) is 7.75. The summed E-state index contributed by atoms with van der Waals surface area (Å²) >= 11 is 0. The Bertz CT molecular complexity index is 1360. The molecule has 0 radical (unpaired) electrons. The van der Waals surface area contributed by atoms with Gasteiger partial charge in [-0.3, -0.25) is 0 Å². The first-order chi connectivity index (χ1) is 20.3. The van der Waals surface area contributed by atoms with Gasteiger partial charge in [0, 0.05) is 50.0 Å². The molecule has 1 fully saturated rings. The van der Waals surface area contributed by atoms with E-state index in [0.717, 1.165) is 36.7 Å². The molecule has 2 atom stereocenters. The van der Waals surface area contributed by atoms with Crippen LogP contribution < -0.4 is 0 Å². The highest BCUT2D eigenvalue weighted by atomic mass is 16.6. The van der Waals surface area contributed by atoms with Crippen LogP contribution in [-0.2, 0) is 15.9 Å². The van der Waals surface area contributed by atoms with Crippen molar-refractivity contribution in [3.05, 3.63) is 60.2 Å². The molecule has 0 N–H and O–H groups in total. The van der Waals surface area contributed by atoms with E-state index in [2.05, 4.69) is 39.8 Å². The Morgan fingerprint density at radius 1 is 0.930 bits per heavy atom. The van der Waals surface area contributed by atoms with Gasteiger partial charge >= 0.3 is 12.2 Å². The Labute approximate surface area is 256 Å². The van der Waals surface area contributed by atoms with Crippen molar-refractivity contribution in [3.8, 4) is 0 Å². The lowest BCUT2D eigenvalue weighted by Crippen LogP contribution is -2.42. The number of ether oxygens (including phenoxy) is 2. The van der Waals surface area contributed by atoms with E-state index in [1.165, 1.54) is 11.1 Å². The van der Waals surface area contributed by atoms with Gasteiger partial charge in [-0.15, -0.1) is 0 Å². The van der Waals surface area contributed by atoms with E-state index in [9.17, 15) is 9.59 Å². The highest BCUT2D eigenvalue weighted by Crippen LogP contribution is 2.37. The van der Waals surface area contributed by atoms with Crippen LogP contribution in [0.2, 0.25) is 0 Å². The van der Waals surface area contributed by atoms with Crippen LogP contribution in [0.25, 0.3) is 11.0 Å². The van der Waals surface area contributed by atoms with E-state index in [1.54, 1.807) is 11.2 Å². The van der Waals surface area contributed by atoms with E-state index < -0.39 is 11.2 Å². The number of nitrogens with zero attached hydrogens (tertiary/aromatic N) is 5. The number of aryl methyl sites for hydroxylation is 1. The number of benzene rings is 1. The van der Waals surface area contributed by atoms with Gasteiger partial charge in [0.05, 0.1) is 0 Å². The Kier molecular flexibility index (Phi) is 10.4. The number of carbonyl (C=O) groups is 2. The van der Waals surface area contributed by atoms with Gasteiger partial charge in [-0.05, 0) is 97.6 Å². The summed E-state index contributed by atoms with van der Waals surface area (Å²) in [5, 5.41) is 1.09. The largest absolute Gasteiger partial charge is 0.444 e. The molecule has 2 amide bonds. The fourth-order valence-electron chi connectivity index (χ4n) is 5.77. The van der Waals surface area contributed by atoms with Crippen molar-refractivity contribution < 1.29 is 19.1 Å². The van der Waals surface area contributed by atoms with Gasteiger partial charge in [-0.2, -0.15) is 0 Å². The second-order valence-corrected chi connectivity index (χ2v) is 13.8. The topological polar surface area (TPSA) is 89.8 Å². The van der Waals surface area contributed by atoms with Crippen LogP contribution in [0.15, 0.2) is 49.1 Å². The molecule has 43 heavy (non-hydrogen) atoms. The smallest absolute Gasteiger partial charge is 0.410 e. The van der Waals surface area contributed by atoms with E-state index in [0.29, 0.717) is 44.6 Å². The van der Waals surface area contributed by atoms with Crippen LogP contribution in [0.5, 0.6) is 0 Å². The van der Waals surface area contributed by atoms with Gasteiger partial charge < -0.3 is 23.8 Å². The molecule has 2 aromatic heterocycles. The first-order valence-electron chi connectivity index (χ1n) is 15.6. The van der Waals surface area contributed by atoms with E-state index >= 15 is 0 Å². The van der Waals surface area contributed by atoms with Crippen LogP contribution in [0.3, 0.4) is 0 Å². The van der Waals surface area contributed by atoms with Gasteiger partial charge in [0.1, 0.15) is 23.2 Å². The van der Waals surface area contributed by atoms with Gasteiger partial charge in [0.15, 0.2) is 0 Å². The lowest BCUT2D eigenvalue weighted by atomic mass is 10.1. The molecule has 0 bridgehead atoms. The molecule has 3 aromatic rings. The molecular weight excluding hydrogens is 542 g/mol. The molecule has 9 nitrogen and oxygen atoms in total. The first kappa shape index (κ1) is 32.3. The highest BCUT2D eigenvalue weighted by molar-refractivity contribution is 5.79. The second-order valence-electron chi connectivity index (χ2n) is 13.8. The Morgan fingerprint density at radius 2 is 1.58 bits per heavy atom. The number of carbonyl (C=O) groups excluding carboxylic acids is 2. The third-order valence-corrected chi connectivity index (χ3v) is 7.75. The van der Waals surface area contributed by atoms with Crippen LogP contribution in [-0.4, -0.2) is 73.9 Å². The molecule has 0 spiro atoms. The zero-order valence-corrected chi connectivity index (χ0v) is 27.0. The fourth-order valence-corrected chi connectivity index (χ4v) is 5.77. The van der Waals surface area contributed by atoms with E-state index in [4.69, 9.17) is 9.47 Å².